The molecule has 94 heavy (non-hydrogen) atoms. The van der Waals surface area contributed by atoms with E-state index >= 15 is 0 Å². The lowest BCUT2D eigenvalue weighted by atomic mass is 10.0. The fourth-order valence-corrected chi connectivity index (χ4v) is 15.1. The van der Waals surface area contributed by atoms with Crippen LogP contribution in [-0.4, -0.2) is 162 Å². The van der Waals surface area contributed by atoms with Crippen molar-refractivity contribution in [3.05, 3.63) is 53.5 Å². The van der Waals surface area contributed by atoms with Gasteiger partial charge in [-0.3, -0.25) is 24.4 Å². The predicted octanol–water partition coefficient (Wildman–Crippen LogP) is 21.8. The number of hydrogen-bond acceptors (Lipinski definition) is 13. The summed E-state index contributed by atoms with van der Waals surface area (Å²) in [4.78, 5) is 34.6. The Hall–Kier alpha value is -1.55. The number of aliphatic hydroxyl groups excluding tert-OH is 3. The van der Waals surface area contributed by atoms with Crippen LogP contribution in [-0.2, 0) is 9.53 Å². The fraction of sp³-hybridized carbons (Fsp3) is 0.889. The quantitative estimate of drug-likeness (QED) is 0.0176. The number of piperazine rings is 1. The van der Waals surface area contributed by atoms with Crippen LogP contribution in [0, 0.1) is 4.91 Å². The Bertz CT molecular complexity index is 1650. The topological polar surface area (TPSA) is 129 Å². The van der Waals surface area contributed by atoms with E-state index in [1.54, 1.807) is 0 Å². The first-order valence-corrected chi connectivity index (χ1v) is 43.0. The SMILES string of the molecule is CCCCC/C=C\C/C=C\CCCCCCC(O)CN(CCCCC(=O)OCCN1CCN(CCSSCCCCN(CC(O)CCCCCCCCCCCC)CC(CCCCCCCCCCCC)N=O)CC1)CC(O)CCCCCC/C=C\C/C=C\CCCCC. The van der Waals surface area contributed by atoms with Gasteiger partial charge >= 0.3 is 5.97 Å². The normalized spacial score (nSPS) is 14.9. The highest BCUT2D eigenvalue weighted by Gasteiger charge is 2.21. The molecule has 4 unspecified atom stereocenters. The van der Waals surface area contributed by atoms with Crippen LogP contribution in [0.5, 0.6) is 0 Å². The number of aliphatic hydroxyl groups is 3. The zero-order chi connectivity index (χ0) is 67.9. The molecule has 0 radical (unpaired) electrons. The lowest BCUT2D eigenvalue weighted by Crippen LogP contribution is -2.47. The van der Waals surface area contributed by atoms with Gasteiger partial charge in [0.15, 0.2) is 0 Å². The standard InChI is InChI=1S/C81H155N5O6S2/c1-5-9-13-17-21-25-29-31-33-35-39-43-47-51-59-79(88)75-86(76-80(89)60-52-48-44-40-36-34-32-30-26-22-18-14-10-6-2)62-54-53-61-81(90)92-70-68-83-64-66-84(67-65-83)69-72-94-93-71-56-55-63-85(74-78(87)58-50-46-42-38-28-24-20-16-12-8-4)73-77(82-91)57-49-45-41-37-27-23-19-15-11-7-3/h21-22,25-26,31-34,77-80,87-89H,5-20,23-24,27-30,35-76H2,1-4H3/b25-21-,26-22-,33-31-,34-32-. The number of rotatable bonds is 74. The highest BCUT2D eigenvalue weighted by Crippen LogP contribution is 2.24. The molecule has 11 nitrogen and oxygen atoms in total. The molecule has 3 N–H and O–H groups in total. The average Bonchev–Trinajstić information content (AvgIpc) is 2.49. The van der Waals surface area contributed by atoms with E-state index in [9.17, 15) is 25.0 Å². The van der Waals surface area contributed by atoms with Gasteiger partial charge in [0, 0.05) is 83.4 Å². The van der Waals surface area contributed by atoms with Gasteiger partial charge in [0.2, 0.25) is 0 Å². The van der Waals surface area contributed by atoms with Gasteiger partial charge in [-0.1, -0.05) is 296 Å². The van der Waals surface area contributed by atoms with Crippen molar-refractivity contribution in [2.45, 2.75) is 367 Å². The summed E-state index contributed by atoms with van der Waals surface area (Å²) in [6.45, 7) is 19.6. The van der Waals surface area contributed by atoms with Gasteiger partial charge in [0.1, 0.15) is 12.6 Å². The average molecular weight is 1360 g/mol. The first-order valence-electron chi connectivity index (χ1n) is 40.5. The molecule has 1 saturated heterocycles. The van der Waals surface area contributed by atoms with E-state index in [0.29, 0.717) is 39.2 Å². The molecule has 552 valence electrons. The van der Waals surface area contributed by atoms with Crippen molar-refractivity contribution in [2.24, 2.45) is 5.18 Å². The number of esters is 1. The van der Waals surface area contributed by atoms with Crippen LogP contribution in [0.1, 0.15) is 342 Å². The molecule has 1 fully saturated rings. The second-order valence-electron chi connectivity index (χ2n) is 28.2. The second kappa shape index (κ2) is 72.7. The summed E-state index contributed by atoms with van der Waals surface area (Å²) in [7, 11) is 3.97. The van der Waals surface area contributed by atoms with Crippen LogP contribution in [0.15, 0.2) is 53.8 Å². The number of carbonyl (C=O) groups is 1. The fourth-order valence-electron chi connectivity index (χ4n) is 12.9. The zero-order valence-corrected chi connectivity index (χ0v) is 63.9. The van der Waals surface area contributed by atoms with Crippen molar-refractivity contribution in [3.8, 4) is 0 Å². The van der Waals surface area contributed by atoms with E-state index in [1.807, 2.05) is 21.6 Å². The molecular formula is C81H155N5O6S2. The maximum atomic E-state index is 12.9. The maximum absolute atomic E-state index is 12.9. The van der Waals surface area contributed by atoms with Crippen molar-refractivity contribution in [1.29, 1.82) is 0 Å². The van der Waals surface area contributed by atoms with E-state index in [0.717, 1.165) is 179 Å². The molecule has 1 aliphatic heterocycles. The number of ether oxygens (including phenoxy) is 1. The van der Waals surface area contributed by atoms with Crippen LogP contribution in [0.25, 0.3) is 0 Å². The minimum absolute atomic E-state index is 0.125. The predicted molar refractivity (Wildman–Crippen MR) is 415 cm³/mol. The second-order valence-corrected chi connectivity index (χ2v) is 30.9. The number of allylic oxidation sites excluding steroid dienone is 8. The van der Waals surface area contributed by atoms with Crippen LogP contribution >= 0.6 is 21.6 Å². The molecule has 1 heterocycles. The Balaban J connectivity index is 2.43. The number of carbonyl (C=O) groups excluding carboxylic acids is 1. The summed E-state index contributed by atoms with van der Waals surface area (Å²) >= 11 is 0. The van der Waals surface area contributed by atoms with Gasteiger partial charge in [0.25, 0.3) is 0 Å². The summed E-state index contributed by atoms with van der Waals surface area (Å²) in [6.07, 6.45) is 74.2. The number of nitrogens with zero attached hydrogens (tertiary/aromatic N) is 5. The highest BCUT2D eigenvalue weighted by molar-refractivity contribution is 8.76. The minimum Gasteiger partial charge on any atom is -0.464 e. The first kappa shape index (κ1) is 90.5. The molecular weight excluding hydrogens is 1200 g/mol. The summed E-state index contributed by atoms with van der Waals surface area (Å²) in [5, 5.41) is 37.1. The minimum atomic E-state index is -0.414. The van der Waals surface area contributed by atoms with E-state index in [1.165, 1.54) is 193 Å². The Morgan fingerprint density at radius 2 is 0.745 bits per heavy atom. The Kier molecular flexibility index (Phi) is 70.0. The zero-order valence-electron chi connectivity index (χ0n) is 62.3. The largest absolute Gasteiger partial charge is 0.464 e. The Morgan fingerprint density at radius 1 is 0.404 bits per heavy atom. The van der Waals surface area contributed by atoms with Crippen LogP contribution in [0.4, 0.5) is 0 Å². The lowest BCUT2D eigenvalue weighted by Gasteiger charge is -2.34. The van der Waals surface area contributed by atoms with Gasteiger partial charge < -0.3 is 20.1 Å². The molecule has 13 heteroatoms. The molecule has 1 aliphatic rings. The Morgan fingerprint density at radius 3 is 1.17 bits per heavy atom. The van der Waals surface area contributed by atoms with Gasteiger partial charge in [-0.25, -0.2) is 0 Å². The third-order valence-electron chi connectivity index (χ3n) is 19.0. The van der Waals surface area contributed by atoms with Crippen molar-refractivity contribution in [1.82, 2.24) is 19.6 Å². The molecule has 0 spiro atoms. The monoisotopic (exact) mass is 1360 g/mol. The molecule has 0 amide bonds. The van der Waals surface area contributed by atoms with Gasteiger partial charge in [-0.2, -0.15) is 4.91 Å². The maximum Gasteiger partial charge on any atom is 0.305 e. The highest BCUT2D eigenvalue weighted by atomic mass is 33.1. The van der Waals surface area contributed by atoms with E-state index < -0.39 is 12.2 Å². The summed E-state index contributed by atoms with van der Waals surface area (Å²) in [5.41, 5.74) is 0. The molecule has 1 rings (SSSR count). The van der Waals surface area contributed by atoms with Crippen molar-refractivity contribution in [3.63, 3.8) is 0 Å². The van der Waals surface area contributed by atoms with Crippen molar-refractivity contribution < 1.29 is 24.9 Å². The Labute approximate surface area is 590 Å². The van der Waals surface area contributed by atoms with E-state index in [-0.39, 0.29) is 18.1 Å². The van der Waals surface area contributed by atoms with Gasteiger partial charge in [-0.05, 0) is 129 Å². The smallest absolute Gasteiger partial charge is 0.305 e. The van der Waals surface area contributed by atoms with Gasteiger partial charge in [-0.15, -0.1) is 0 Å². The molecule has 0 aliphatic carbocycles. The van der Waals surface area contributed by atoms with Crippen LogP contribution < -0.4 is 0 Å². The molecule has 0 bridgehead atoms. The van der Waals surface area contributed by atoms with Crippen molar-refractivity contribution >= 4 is 27.6 Å². The summed E-state index contributed by atoms with van der Waals surface area (Å²) < 4.78 is 5.75. The number of unbranched alkanes of at least 4 members (excludes halogenated alkanes) is 34. The summed E-state index contributed by atoms with van der Waals surface area (Å²) in [5.74, 6) is 2.10. The van der Waals surface area contributed by atoms with Crippen molar-refractivity contribution in [2.75, 3.05) is 96.6 Å². The third kappa shape index (κ3) is 63.9. The third-order valence-corrected chi connectivity index (χ3v) is 21.5. The molecule has 0 aromatic heterocycles. The molecule has 0 aromatic rings. The number of hydrogen-bond donors (Lipinski definition) is 3. The molecule has 0 aromatic carbocycles. The van der Waals surface area contributed by atoms with E-state index in [2.05, 4.69) is 101 Å². The van der Waals surface area contributed by atoms with Crippen LogP contribution in [0.2, 0.25) is 0 Å². The van der Waals surface area contributed by atoms with Crippen LogP contribution in [0.3, 0.4) is 0 Å². The molecule has 4 atom stereocenters. The first-order chi connectivity index (χ1) is 46.2. The summed E-state index contributed by atoms with van der Waals surface area (Å²) in [6, 6.07) is -0.190. The number of nitroso groups, excluding NO2 is 1. The lowest BCUT2D eigenvalue weighted by molar-refractivity contribution is -0.144. The molecule has 0 saturated carbocycles. The van der Waals surface area contributed by atoms with Gasteiger partial charge in [0.05, 0.1) is 18.3 Å². The van der Waals surface area contributed by atoms with E-state index in [4.69, 9.17) is 4.74 Å².